The summed E-state index contributed by atoms with van der Waals surface area (Å²) in [4.78, 5) is 15.0. The highest BCUT2D eigenvalue weighted by Crippen LogP contribution is 2.25. The summed E-state index contributed by atoms with van der Waals surface area (Å²) < 4.78 is 31.8. The molecular weight excluding hydrogens is 402 g/mol. The lowest BCUT2D eigenvalue weighted by Crippen LogP contribution is -2.32. The Morgan fingerprint density at radius 3 is 2.40 bits per heavy atom. The lowest BCUT2D eigenvalue weighted by Gasteiger charge is -2.30. The molecule has 2 N–H and O–H groups in total. The molecule has 0 aromatic heterocycles. The molecule has 0 spiro atoms. The maximum atomic E-state index is 12.6. The van der Waals surface area contributed by atoms with E-state index in [1.54, 1.807) is 0 Å². The molecule has 8 heteroatoms. The van der Waals surface area contributed by atoms with Crippen LogP contribution >= 0.6 is 0 Å². The van der Waals surface area contributed by atoms with Gasteiger partial charge in [-0.05, 0) is 74.8 Å². The van der Waals surface area contributed by atoms with E-state index < -0.39 is 10.0 Å². The minimum absolute atomic E-state index is 0.0775. The fraction of sp³-hybridized carbons (Fsp3) is 0.409. The van der Waals surface area contributed by atoms with Gasteiger partial charge in [-0.2, -0.15) is 0 Å². The van der Waals surface area contributed by atoms with E-state index in [0.29, 0.717) is 5.69 Å². The normalized spacial score (nSPS) is 15.7. The lowest BCUT2D eigenvalue weighted by molar-refractivity contribution is 0.102. The van der Waals surface area contributed by atoms with Crippen LogP contribution in [0.4, 0.5) is 5.69 Å². The van der Waals surface area contributed by atoms with Crippen LogP contribution in [0.15, 0.2) is 47.4 Å². The van der Waals surface area contributed by atoms with Crippen LogP contribution in [0.2, 0.25) is 0 Å². The van der Waals surface area contributed by atoms with E-state index in [2.05, 4.69) is 21.9 Å². The molecular formula is C22H29N3O4S. The van der Waals surface area contributed by atoms with E-state index >= 15 is 0 Å². The van der Waals surface area contributed by atoms with Gasteiger partial charge in [0.05, 0.1) is 7.11 Å². The van der Waals surface area contributed by atoms with Gasteiger partial charge in [0.2, 0.25) is 10.0 Å². The van der Waals surface area contributed by atoms with E-state index in [1.165, 1.54) is 50.8 Å². The van der Waals surface area contributed by atoms with Crippen molar-refractivity contribution in [1.29, 1.82) is 0 Å². The fourth-order valence-electron chi connectivity index (χ4n) is 3.51. The molecule has 1 fully saturated rings. The van der Waals surface area contributed by atoms with Crippen LogP contribution in [0.5, 0.6) is 5.75 Å². The van der Waals surface area contributed by atoms with Gasteiger partial charge in [0, 0.05) is 17.8 Å². The van der Waals surface area contributed by atoms with Crippen molar-refractivity contribution < 1.29 is 17.9 Å². The van der Waals surface area contributed by atoms with Crippen LogP contribution in [0.3, 0.4) is 0 Å². The molecule has 0 saturated carbocycles. The van der Waals surface area contributed by atoms with E-state index in [1.807, 2.05) is 24.3 Å². The number of rotatable bonds is 7. The third kappa shape index (κ3) is 5.38. The van der Waals surface area contributed by atoms with Crippen LogP contribution in [-0.4, -0.2) is 46.5 Å². The van der Waals surface area contributed by atoms with Crippen molar-refractivity contribution >= 4 is 21.6 Å². The summed E-state index contributed by atoms with van der Waals surface area (Å²) in [5.41, 5.74) is 2.09. The molecule has 2 aromatic rings. The number of likely N-dealkylation sites (tertiary alicyclic amines) is 1. The summed E-state index contributed by atoms with van der Waals surface area (Å²) in [5.74, 6) is 0.598. The molecule has 30 heavy (non-hydrogen) atoms. The van der Waals surface area contributed by atoms with Crippen LogP contribution in [0, 0.1) is 5.92 Å². The zero-order valence-corrected chi connectivity index (χ0v) is 18.5. The number of carbonyl (C=O) groups excluding carboxylic acids is 1. The molecule has 1 amide bonds. The van der Waals surface area contributed by atoms with Crippen molar-refractivity contribution in [3.05, 3.63) is 53.6 Å². The van der Waals surface area contributed by atoms with Crippen LogP contribution in [0.1, 0.15) is 35.7 Å². The largest absolute Gasteiger partial charge is 0.495 e. The second-order valence-corrected chi connectivity index (χ2v) is 9.54. The van der Waals surface area contributed by atoms with Crippen molar-refractivity contribution in [2.75, 3.05) is 32.6 Å². The zero-order valence-electron chi connectivity index (χ0n) is 17.6. The first-order valence-electron chi connectivity index (χ1n) is 10.1. The van der Waals surface area contributed by atoms with Crippen molar-refractivity contribution in [2.24, 2.45) is 5.92 Å². The monoisotopic (exact) mass is 431 g/mol. The quantitative estimate of drug-likeness (QED) is 0.703. The molecule has 0 atom stereocenters. The van der Waals surface area contributed by atoms with Gasteiger partial charge in [0.15, 0.2) is 0 Å². The van der Waals surface area contributed by atoms with Gasteiger partial charge in [-0.1, -0.05) is 19.1 Å². The Balaban J connectivity index is 1.68. The summed E-state index contributed by atoms with van der Waals surface area (Å²) >= 11 is 0. The summed E-state index contributed by atoms with van der Waals surface area (Å²) in [5, 5.41) is 2.82. The van der Waals surface area contributed by atoms with Gasteiger partial charge < -0.3 is 10.1 Å². The molecule has 3 rings (SSSR count). The molecule has 162 valence electrons. The van der Waals surface area contributed by atoms with Crippen LogP contribution in [0.25, 0.3) is 0 Å². The second-order valence-electron chi connectivity index (χ2n) is 7.68. The average molecular weight is 432 g/mol. The summed E-state index contributed by atoms with van der Waals surface area (Å²) in [7, 11) is -1.06. The first-order chi connectivity index (χ1) is 14.3. The molecule has 1 aliphatic rings. The standard InChI is InChI=1S/C22H29N3O4S/c1-16-10-12-25(13-11-16)15-17-4-7-19(8-5-17)24-22(26)18-6-9-20(29-3)21(14-18)30(27,28)23-2/h4-9,14,16,23H,10-13,15H2,1-3H3,(H,24,26). The smallest absolute Gasteiger partial charge is 0.255 e. The van der Waals surface area contributed by atoms with E-state index in [4.69, 9.17) is 4.74 Å². The van der Waals surface area contributed by atoms with Gasteiger partial charge in [-0.15, -0.1) is 0 Å². The highest BCUT2D eigenvalue weighted by Gasteiger charge is 2.20. The average Bonchev–Trinajstić information content (AvgIpc) is 2.76. The fourth-order valence-corrected chi connectivity index (χ4v) is 4.43. The number of anilines is 1. The number of amides is 1. The third-order valence-electron chi connectivity index (χ3n) is 5.48. The Hall–Kier alpha value is -2.42. The number of carbonyl (C=O) groups is 1. The SMILES string of the molecule is CNS(=O)(=O)c1cc(C(=O)Nc2ccc(CN3CCC(C)CC3)cc2)ccc1OC. The van der Waals surface area contributed by atoms with Crippen molar-refractivity contribution in [3.63, 3.8) is 0 Å². The zero-order chi connectivity index (χ0) is 21.7. The van der Waals surface area contributed by atoms with Gasteiger partial charge in [-0.25, -0.2) is 13.1 Å². The van der Waals surface area contributed by atoms with E-state index in [9.17, 15) is 13.2 Å². The first kappa shape index (κ1) is 22.3. The van der Waals surface area contributed by atoms with Gasteiger partial charge in [0.1, 0.15) is 10.6 Å². The number of sulfonamides is 1. The van der Waals surface area contributed by atoms with Crippen LogP contribution in [-0.2, 0) is 16.6 Å². The summed E-state index contributed by atoms with van der Waals surface area (Å²) in [6.07, 6.45) is 2.47. The number of nitrogens with zero attached hydrogens (tertiary/aromatic N) is 1. The van der Waals surface area contributed by atoms with Crippen molar-refractivity contribution in [3.8, 4) is 5.75 Å². The predicted octanol–water partition coefficient (Wildman–Crippen LogP) is 3.09. The molecule has 0 aliphatic carbocycles. The predicted molar refractivity (Wildman–Crippen MR) is 117 cm³/mol. The Morgan fingerprint density at radius 2 is 1.80 bits per heavy atom. The lowest BCUT2D eigenvalue weighted by atomic mass is 9.99. The summed E-state index contributed by atoms with van der Waals surface area (Å²) in [6.45, 7) is 5.45. The Kier molecular flexibility index (Phi) is 7.12. The van der Waals surface area contributed by atoms with Crippen molar-refractivity contribution in [1.82, 2.24) is 9.62 Å². The number of piperidine rings is 1. The molecule has 1 aliphatic heterocycles. The van der Waals surface area contributed by atoms with Gasteiger partial charge in [0.25, 0.3) is 5.91 Å². The maximum Gasteiger partial charge on any atom is 0.255 e. The summed E-state index contributed by atoms with van der Waals surface area (Å²) in [6, 6.07) is 12.1. The first-order valence-corrected chi connectivity index (χ1v) is 11.5. The number of nitrogens with one attached hydrogen (secondary N) is 2. The second kappa shape index (κ2) is 9.59. The Labute approximate surface area is 178 Å². The number of hydrogen-bond acceptors (Lipinski definition) is 5. The molecule has 1 heterocycles. The number of hydrogen-bond donors (Lipinski definition) is 2. The van der Waals surface area contributed by atoms with Gasteiger partial charge in [-0.3, -0.25) is 9.69 Å². The minimum Gasteiger partial charge on any atom is -0.495 e. The van der Waals surface area contributed by atoms with Crippen molar-refractivity contribution in [2.45, 2.75) is 31.2 Å². The Morgan fingerprint density at radius 1 is 1.13 bits per heavy atom. The molecule has 0 bridgehead atoms. The maximum absolute atomic E-state index is 12.6. The molecule has 0 radical (unpaired) electrons. The minimum atomic E-state index is -3.75. The Bertz CT molecular complexity index is 982. The van der Waals surface area contributed by atoms with E-state index in [0.717, 1.165) is 25.6 Å². The molecule has 2 aromatic carbocycles. The number of methoxy groups -OCH3 is 1. The molecule has 1 saturated heterocycles. The topological polar surface area (TPSA) is 87.7 Å². The third-order valence-corrected chi connectivity index (χ3v) is 6.91. The molecule has 7 nitrogen and oxygen atoms in total. The molecule has 0 unspecified atom stereocenters. The highest BCUT2D eigenvalue weighted by atomic mass is 32.2. The van der Waals surface area contributed by atoms with Gasteiger partial charge >= 0.3 is 0 Å². The number of ether oxygens (including phenoxy) is 1. The highest BCUT2D eigenvalue weighted by molar-refractivity contribution is 7.89. The number of benzene rings is 2. The van der Waals surface area contributed by atoms with E-state index in [-0.39, 0.29) is 22.1 Å². The van der Waals surface area contributed by atoms with Crippen LogP contribution < -0.4 is 14.8 Å².